The minimum Gasteiger partial charge on any atom is -0.489 e. The van der Waals surface area contributed by atoms with Crippen molar-refractivity contribution < 1.29 is 13.9 Å². The molecule has 11 heteroatoms. The predicted octanol–water partition coefficient (Wildman–Crippen LogP) is 4.32. The van der Waals surface area contributed by atoms with Crippen LogP contribution in [0, 0.1) is 11.9 Å². The number of para-hydroxylation sites is 1. The summed E-state index contributed by atoms with van der Waals surface area (Å²) in [7, 11) is 1.99. The molecule has 42 heavy (non-hydrogen) atoms. The fraction of sp³-hybridized carbons (Fsp3) is 0.419. The first-order valence-electron chi connectivity index (χ1n) is 14.6. The molecular weight excluding hydrogens is 535 g/mol. The van der Waals surface area contributed by atoms with E-state index in [1.807, 2.05) is 48.6 Å². The Morgan fingerprint density at radius 3 is 2.76 bits per heavy atom. The molecule has 1 aliphatic heterocycles. The van der Waals surface area contributed by atoms with Crippen LogP contribution in [0.5, 0.6) is 5.75 Å². The summed E-state index contributed by atoms with van der Waals surface area (Å²) in [6.07, 6.45) is 5.95. The molecule has 5 aromatic rings. The predicted molar refractivity (Wildman–Crippen MR) is 158 cm³/mol. The smallest absolute Gasteiger partial charge is 0.255 e. The van der Waals surface area contributed by atoms with Gasteiger partial charge in [0.05, 0.1) is 41.0 Å². The number of fused-ring (bicyclic) bond motifs is 3. The van der Waals surface area contributed by atoms with Gasteiger partial charge in [-0.15, -0.1) is 0 Å². The molecule has 2 N–H and O–H groups in total. The number of nitrogens with zero attached hydrogens (tertiary/aromatic N) is 7. The highest BCUT2D eigenvalue weighted by Gasteiger charge is 2.30. The van der Waals surface area contributed by atoms with Crippen molar-refractivity contribution >= 4 is 28.0 Å². The third-order valence-corrected chi connectivity index (χ3v) is 8.38. The van der Waals surface area contributed by atoms with Crippen LogP contribution in [-0.2, 0) is 20.0 Å². The van der Waals surface area contributed by atoms with Crippen molar-refractivity contribution in [2.75, 3.05) is 19.7 Å². The molecule has 1 fully saturated rings. The highest BCUT2D eigenvalue weighted by Crippen LogP contribution is 2.39. The van der Waals surface area contributed by atoms with Gasteiger partial charge < -0.3 is 29.1 Å². The average Bonchev–Trinajstić information content (AvgIpc) is 3.42. The maximum Gasteiger partial charge on any atom is 0.255 e. The third kappa shape index (κ3) is 4.71. The van der Waals surface area contributed by atoms with E-state index in [1.54, 1.807) is 4.57 Å². The van der Waals surface area contributed by atoms with Crippen LogP contribution in [0.3, 0.4) is 0 Å². The van der Waals surface area contributed by atoms with E-state index in [2.05, 4.69) is 21.7 Å². The Labute approximate surface area is 242 Å². The Hall–Kier alpha value is -4.25. The second-order valence-corrected chi connectivity index (χ2v) is 11.9. The maximum absolute atomic E-state index is 13.5. The number of halogens is 1. The molecule has 0 bridgehead atoms. The van der Waals surface area contributed by atoms with Crippen molar-refractivity contribution in [3.05, 3.63) is 60.1 Å². The number of benzene rings is 1. The Morgan fingerprint density at radius 1 is 1.19 bits per heavy atom. The lowest BCUT2D eigenvalue weighted by molar-refractivity contribution is 0.0730. The van der Waals surface area contributed by atoms with Crippen LogP contribution < -0.4 is 10.5 Å². The van der Waals surface area contributed by atoms with E-state index in [0.29, 0.717) is 43.1 Å². The summed E-state index contributed by atoms with van der Waals surface area (Å²) in [5, 5.41) is 1.06. The van der Waals surface area contributed by atoms with Crippen LogP contribution in [0.4, 0.5) is 4.39 Å². The van der Waals surface area contributed by atoms with Gasteiger partial charge in [0.15, 0.2) is 11.5 Å². The number of ether oxygens (including phenoxy) is 1. The van der Waals surface area contributed by atoms with Gasteiger partial charge in [0.2, 0.25) is 5.95 Å². The standard InChI is InChI=1S/C31H35FN8O2/c1-18(33)13-38-10-9-23-22(31(38)41)12-24-29(35-23)37(3)30(36-24)25-11-21-5-4-6-26(28(21)40(25)14-20-7-8-20)42-16-19(2)39-15-27(32)34-17-39/h4-6,11-12,15,17-20H,7-10,13-14,16,33H2,1-3H3. The van der Waals surface area contributed by atoms with Gasteiger partial charge in [0.1, 0.15) is 17.9 Å². The zero-order valence-electron chi connectivity index (χ0n) is 24.1. The molecule has 1 aromatic carbocycles. The second kappa shape index (κ2) is 10.2. The number of pyridine rings is 1. The lowest BCUT2D eigenvalue weighted by atomic mass is 10.0. The van der Waals surface area contributed by atoms with Crippen molar-refractivity contribution in [2.24, 2.45) is 18.7 Å². The maximum atomic E-state index is 13.5. The molecule has 0 spiro atoms. The quantitative estimate of drug-likeness (QED) is 0.283. The Balaban J connectivity index is 1.28. The van der Waals surface area contributed by atoms with Gasteiger partial charge in [0, 0.05) is 44.5 Å². The normalized spacial score (nSPS) is 16.8. The summed E-state index contributed by atoms with van der Waals surface area (Å²) in [5.41, 5.74) is 10.9. The molecule has 0 radical (unpaired) electrons. The molecular formula is C31H35FN8O2. The van der Waals surface area contributed by atoms with Crippen molar-refractivity contribution in [3.8, 4) is 17.3 Å². The van der Waals surface area contributed by atoms with E-state index < -0.39 is 5.95 Å². The largest absolute Gasteiger partial charge is 0.489 e. The number of carbonyl (C=O) groups is 1. The Kier molecular flexibility index (Phi) is 6.49. The fourth-order valence-electron chi connectivity index (χ4n) is 5.98. The monoisotopic (exact) mass is 570 g/mol. The fourth-order valence-corrected chi connectivity index (χ4v) is 5.98. The van der Waals surface area contributed by atoms with Gasteiger partial charge in [-0.05, 0) is 50.8 Å². The van der Waals surface area contributed by atoms with E-state index in [9.17, 15) is 9.18 Å². The first-order chi connectivity index (χ1) is 20.3. The minimum absolute atomic E-state index is 0.0348. The van der Waals surface area contributed by atoms with Crippen LogP contribution in [0.15, 0.2) is 42.9 Å². The van der Waals surface area contributed by atoms with Crippen molar-refractivity contribution in [1.29, 1.82) is 0 Å². The first kappa shape index (κ1) is 26.6. The average molecular weight is 571 g/mol. The minimum atomic E-state index is -0.503. The van der Waals surface area contributed by atoms with E-state index >= 15 is 0 Å². The van der Waals surface area contributed by atoms with Gasteiger partial charge in [0.25, 0.3) is 5.91 Å². The Bertz CT molecular complexity index is 1810. The van der Waals surface area contributed by atoms with E-state index in [0.717, 1.165) is 46.1 Å². The topological polar surface area (TPSA) is 109 Å². The van der Waals surface area contributed by atoms with E-state index in [1.165, 1.54) is 25.4 Å². The summed E-state index contributed by atoms with van der Waals surface area (Å²) in [6.45, 7) is 6.25. The molecule has 218 valence electrons. The summed E-state index contributed by atoms with van der Waals surface area (Å²) in [6, 6.07) is 9.94. The number of carbonyl (C=O) groups excluding carboxylic acids is 1. The van der Waals surface area contributed by atoms with Gasteiger partial charge >= 0.3 is 0 Å². The van der Waals surface area contributed by atoms with Crippen molar-refractivity contribution in [3.63, 3.8) is 0 Å². The number of rotatable bonds is 9. The number of imidazole rings is 2. The van der Waals surface area contributed by atoms with Crippen LogP contribution >= 0.6 is 0 Å². The molecule has 10 nitrogen and oxygen atoms in total. The highest BCUT2D eigenvalue weighted by atomic mass is 19.1. The van der Waals surface area contributed by atoms with Gasteiger partial charge in [-0.25, -0.2) is 15.0 Å². The molecule has 0 saturated heterocycles. The van der Waals surface area contributed by atoms with Crippen LogP contribution in [0.2, 0.25) is 0 Å². The Morgan fingerprint density at radius 2 is 2.02 bits per heavy atom. The molecule has 2 aliphatic rings. The highest BCUT2D eigenvalue weighted by molar-refractivity contribution is 5.99. The third-order valence-electron chi connectivity index (χ3n) is 8.38. The number of hydrogen-bond donors (Lipinski definition) is 1. The molecule has 2 atom stereocenters. The summed E-state index contributed by atoms with van der Waals surface area (Å²) in [5.74, 6) is 1.64. The second-order valence-electron chi connectivity index (χ2n) is 11.9. The molecule has 5 heterocycles. The molecule has 1 aliphatic carbocycles. The molecule has 1 saturated carbocycles. The number of amides is 1. The summed E-state index contributed by atoms with van der Waals surface area (Å²) >= 11 is 0. The zero-order valence-corrected chi connectivity index (χ0v) is 24.1. The van der Waals surface area contributed by atoms with Crippen LogP contribution in [-0.4, -0.2) is 65.2 Å². The number of hydrogen-bond acceptors (Lipinski definition) is 6. The molecule has 4 aromatic heterocycles. The van der Waals surface area contributed by atoms with Crippen molar-refractivity contribution in [2.45, 2.75) is 51.7 Å². The lowest BCUT2D eigenvalue weighted by Gasteiger charge is -2.29. The van der Waals surface area contributed by atoms with Gasteiger partial charge in [-0.3, -0.25) is 4.79 Å². The SMILES string of the molecule is CC(N)CN1CCc2nc3c(cc2C1=O)nc(-c1cc2cccc(OCC(C)n4cnc(F)c4)c2n1CC1CC1)n3C. The van der Waals surface area contributed by atoms with Gasteiger partial charge in [-0.2, -0.15) is 4.39 Å². The zero-order chi connectivity index (χ0) is 29.1. The molecule has 2 unspecified atom stereocenters. The van der Waals surface area contributed by atoms with Crippen LogP contribution in [0.25, 0.3) is 33.6 Å². The van der Waals surface area contributed by atoms with E-state index in [-0.39, 0.29) is 18.0 Å². The first-order valence-corrected chi connectivity index (χ1v) is 14.6. The van der Waals surface area contributed by atoms with Gasteiger partial charge in [-0.1, -0.05) is 12.1 Å². The molecule has 7 rings (SSSR count). The number of nitrogens with two attached hydrogens (primary N) is 1. The van der Waals surface area contributed by atoms with E-state index in [4.69, 9.17) is 20.4 Å². The summed E-state index contributed by atoms with van der Waals surface area (Å²) in [4.78, 5) is 28.7. The number of aromatic nitrogens is 6. The number of aryl methyl sites for hydroxylation is 1. The molecule has 1 amide bonds. The lowest BCUT2D eigenvalue weighted by Crippen LogP contribution is -2.44. The van der Waals surface area contributed by atoms with Crippen LogP contribution in [0.1, 0.15) is 48.8 Å². The summed E-state index contributed by atoms with van der Waals surface area (Å²) < 4.78 is 25.9. The van der Waals surface area contributed by atoms with Crippen molar-refractivity contribution in [1.82, 2.24) is 33.6 Å².